The molecule has 0 unspecified atom stereocenters. The lowest BCUT2D eigenvalue weighted by Crippen LogP contribution is -2.18. The van der Waals surface area contributed by atoms with Gasteiger partial charge < -0.3 is 9.72 Å². The molecule has 1 N–H and O–H groups in total. The summed E-state index contributed by atoms with van der Waals surface area (Å²) < 4.78 is 4.50. The van der Waals surface area contributed by atoms with Crippen molar-refractivity contribution >= 4 is 17.6 Å². The van der Waals surface area contributed by atoms with E-state index in [1.807, 2.05) is 6.07 Å². The summed E-state index contributed by atoms with van der Waals surface area (Å²) >= 11 is 5.87. The lowest BCUT2D eigenvalue weighted by atomic mass is 10.1. The lowest BCUT2D eigenvalue weighted by Gasteiger charge is -2.03. The first-order chi connectivity index (χ1) is 8.61. The zero-order chi connectivity index (χ0) is 13.1. The number of ether oxygens (including phenoxy) is 1. The van der Waals surface area contributed by atoms with E-state index in [0.29, 0.717) is 10.7 Å². The quantitative estimate of drug-likeness (QED) is 0.847. The second-order valence-electron chi connectivity index (χ2n) is 3.62. The molecule has 0 aliphatic carbocycles. The van der Waals surface area contributed by atoms with Crippen molar-refractivity contribution < 1.29 is 9.53 Å². The number of benzene rings is 1. The maximum atomic E-state index is 11.7. The van der Waals surface area contributed by atoms with E-state index in [1.165, 1.54) is 13.2 Å². The number of hydrogen-bond donors (Lipinski definition) is 1. The van der Waals surface area contributed by atoms with Crippen LogP contribution in [-0.4, -0.2) is 18.1 Å². The standard InChI is InChI=1S/C13H10ClNO3/c1-18-13(17)10-5-6-11(15-12(10)16)8-3-2-4-9(14)7-8/h2-7H,1H3,(H,15,16). The highest BCUT2D eigenvalue weighted by atomic mass is 35.5. The lowest BCUT2D eigenvalue weighted by molar-refractivity contribution is 0.0598. The third-order valence-corrected chi connectivity index (χ3v) is 2.69. The highest BCUT2D eigenvalue weighted by Gasteiger charge is 2.11. The molecule has 1 aromatic heterocycles. The van der Waals surface area contributed by atoms with E-state index in [2.05, 4.69) is 9.72 Å². The molecular formula is C13H10ClNO3. The predicted octanol–water partition coefficient (Wildman–Crippen LogP) is 2.48. The van der Waals surface area contributed by atoms with E-state index in [0.717, 1.165) is 5.56 Å². The van der Waals surface area contributed by atoms with Crippen molar-refractivity contribution in [1.82, 2.24) is 4.98 Å². The number of H-pyrrole nitrogens is 1. The molecule has 18 heavy (non-hydrogen) atoms. The second kappa shape index (κ2) is 5.06. The first-order valence-corrected chi connectivity index (χ1v) is 5.57. The van der Waals surface area contributed by atoms with Gasteiger partial charge in [0.25, 0.3) is 5.56 Å². The molecule has 0 aliphatic heterocycles. The molecule has 1 aromatic carbocycles. The zero-order valence-corrected chi connectivity index (χ0v) is 10.3. The van der Waals surface area contributed by atoms with Crippen molar-refractivity contribution in [2.75, 3.05) is 7.11 Å². The van der Waals surface area contributed by atoms with Gasteiger partial charge in [-0.2, -0.15) is 0 Å². The molecule has 92 valence electrons. The van der Waals surface area contributed by atoms with Gasteiger partial charge in [0.1, 0.15) is 5.56 Å². The van der Waals surface area contributed by atoms with Crippen molar-refractivity contribution in [1.29, 1.82) is 0 Å². The Balaban J connectivity index is 2.47. The molecule has 4 nitrogen and oxygen atoms in total. The van der Waals surface area contributed by atoms with Gasteiger partial charge in [0.15, 0.2) is 0 Å². The van der Waals surface area contributed by atoms with Crippen LogP contribution in [0, 0.1) is 0 Å². The third-order valence-electron chi connectivity index (χ3n) is 2.45. The largest absolute Gasteiger partial charge is 0.465 e. The number of esters is 1. The van der Waals surface area contributed by atoms with Gasteiger partial charge in [0.2, 0.25) is 0 Å². The van der Waals surface area contributed by atoms with Gasteiger partial charge in [0, 0.05) is 10.7 Å². The zero-order valence-electron chi connectivity index (χ0n) is 9.57. The summed E-state index contributed by atoms with van der Waals surface area (Å²) in [7, 11) is 1.23. The van der Waals surface area contributed by atoms with Crippen LogP contribution in [0.25, 0.3) is 11.3 Å². The summed E-state index contributed by atoms with van der Waals surface area (Å²) in [5, 5.41) is 0.574. The topological polar surface area (TPSA) is 59.2 Å². The van der Waals surface area contributed by atoms with Crippen molar-refractivity contribution in [3.63, 3.8) is 0 Å². The Morgan fingerprint density at radius 2 is 2.06 bits per heavy atom. The van der Waals surface area contributed by atoms with E-state index in [4.69, 9.17) is 11.6 Å². The molecule has 5 heteroatoms. The van der Waals surface area contributed by atoms with Gasteiger partial charge in [-0.3, -0.25) is 4.79 Å². The summed E-state index contributed by atoms with van der Waals surface area (Å²) in [6, 6.07) is 10.1. The van der Waals surface area contributed by atoms with Crippen molar-refractivity contribution in [2.45, 2.75) is 0 Å². The Kier molecular flexibility index (Phi) is 3.48. The molecular weight excluding hydrogens is 254 g/mol. The number of hydrogen-bond acceptors (Lipinski definition) is 3. The number of methoxy groups -OCH3 is 1. The van der Waals surface area contributed by atoms with Crippen LogP contribution in [0.4, 0.5) is 0 Å². The molecule has 1 heterocycles. The first kappa shape index (κ1) is 12.4. The number of carbonyl (C=O) groups excluding carboxylic acids is 1. The normalized spacial score (nSPS) is 10.1. The van der Waals surface area contributed by atoms with Crippen LogP contribution < -0.4 is 5.56 Å². The molecule has 0 atom stereocenters. The smallest absolute Gasteiger partial charge is 0.343 e. The summed E-state index contributed by atoms with van der Waals surface area (Å²) in [5.74, 6) is -0.658. The maximum Gasteiger partial charge on any atom is 0.343 e. The highest BCUT2D eigenvalue weighted by molar-refractivity contribution is 6.30. The SMILES string of the molecule is COC(=O)c1ccc(-c2cccc(Cl)c2)[nH]c1=O. The average Bonchev–Trinajstić information content (AvgIpc) is 2.37. The van der Waals surface area contributed by atoms with Crippen molar-refractivity contribution in [3.05, 3.63) is 57.3 Å². The molecule has 2 aromatic rings. The molecule has 0 fully saturated rings. The molecule has 0 saturated heterocycles. The Bertz CT molecular complexity index is 649. The summed E-state index contributed by atoms with van der Waals surface area (Å²) in [4.78, 5) is 25.6. The number of halogens is 1. The van der Waals surface area contributed by atoms with Gasteiger partial charge in [-0.15, -0.1) is 0 Å². The summed E-state index contributed by atoms with van der Waals surface area (Å²) in [5.41, 5.74) is 0.855. The number of nitrogens with one attached hydrogen (secondary N) is 1. The minimum Gasteiger partial charge on any atom is -0.465 e. The second-order valence-corrected chi connectivity index (χ2v) is 4.05. The van der Waals surface area contributed by atoms with E-state index >= 15 is 0 Å². The fraction of sp³-hybridized carbons (Fsp3) is 0.0769. The molecule has 0 saturated carbocycles. The third kappa shape index (κ3) is 2.43. The van der Waals surface area contributed by atoms with Gasteiger partial charge in [-0.05, 0) is 29.8 Å². The molecule has 2 rings (SSSR count). The Morgan fingerprint density at radius 1 is 1.28 bits per heavy atom. The maximum absolute atomic E-state index is 11.7. The molecule has 0 spiro atoms. The van der Waals surface area contributed by atoms with Gasteiger partial charge >= 0.3 is 5.97 Å². The summed E-state index contributed by atoms with van der Waals surface area (Å²) in [6.07, 6.45) is 0. The predicted molar refractivity (Wildman–Crippen MR) is 68.8 cm³/mol. The monoisotopic (exact) mass is 263 g/mol. The molecule has 0 aliphatic rings. The molecule has 0 bridgehead atoms. The van der Waals surface area contributed by atoms with Gasteiger partial charge in [-0.1, -0.05) is 23.7 Å². The van der Waals surface area contributed by atoms with E-state index in [-0.39, 0.29) is 5.56 Å². The van der Waals surface area contributed by atoms with Crippen LogP contribution in [0.15, 0.2) is 41.2 Å². The Hall–Kier alpha value is -2.07. The van der Waals surface area contributed by atoms with Crippen LogP contribution in [-0.2, 0) is 4.74 Å². The number of rotatable bonds is 2. The number of aromatic amines is 1. The fourth-order valence-corrected chi connectivity index (χ4v) is 1.76. The van der Waals surface area contributed by atoms with E-state index in [1.54, 1.807) is 24.3 Å². The van der Waals surface area contributed by atoms with E-state index < -0.39 is 11.5 Å². The minimum atomic E-state index is -0.658. The Morgan fingerprint density at radius 3 is 2.67 bits per heavy atom. The van der Waals surface area contributed by atoms with Gasteiger partial charge in [-0.25, -0.2) is 4.79 Å². The first-order valence-electron chi connectivity index (χ1n) is 5.19. The average molecular weight is 264 g/mol. The van der Waals surface area contributed by atoms with E-state index in [9.17, 15) is 9.59 Å². The molecule has 0 amide bonds. The minimum absolute atomic E-state index is 0.0247. The van der Waals surface area contributed by atoms with Crippen molar-refractivity contribution in [3.8, 4) is 11.3 Å². The highest BCUT2D eigenvalue weighted by Crippen LogP contribution is 2.19. The number of pyridine rings is 1. The van der Waals surface area contributed by atoms with Crippen molar-refractivity contribution in [2.24, 2.45) is 0 Å². The van der Waals surface area contributed by atoms with Crippen LogP contribution in [0.2, 0.25) is 5.02 Å². The number of carbonyl (C=O) groups is 1. The van der Waals surface area contributed by atoms with Crippen LogP contribution in [0.1, 0.15) is 10.4 Å². The summed E-state index contributed by atoms with van der Waals surface area (Å²) in [6.45, 7) is 0. The fourth-order valence-electron chi connectivity index (χ4n) is 1.57. The van der Waals surface area contributed by atoms with Crippen LogP contribution >= 0.6 is 11.6 Å². The van der Waals surface area contributed by atoms with Crippen LogP contribution in [0.5, 0.6) is 0 Å². The Labute approximate surface area is 108 Å². The van der Waals surface area contributed by atoms with Crippen LogP contribution in [0.3, 0.4) is 0 Å². The number of aromatic nitrogens is 1. The van der Waals surface area contributed by atoms with Gasteiger partial charge in [0.05, 0.1) is 7.11 Å². The molecule has 0 radical (unpaired) electrons.